The molecule has 1 atom stereocenters. The fraction of sp³-hybridized carbons (Fsp3) is 1.00. The average molecular weight is 254 g/mol. The van der Waals surface area contributed by atoms with Crippen LogP contribution in [0.5, 0.6) is 0 Å². The molecular weight excluding hydrogens is 220 g/mol. The highest BCUT2D eigenvalue weighted by atomic mass is 15.2. The van der Waals surface area contributed by atoms with Crippen LogP contribution in [0.4, 0.5) is 0 Å². The Morgan fingerprint density at radius 2 is 1.78 bits per heavy atom. The van der Waals surface area contributed by atoms with Crippen molar-refractivity contribution in [1.82, 2.24) is 10.2 Å². The molecule has 1 rings (SSSR count). The first-order valence-corrected chi connectivity index (χ1v) is 8.16. The molecule has 0 amide bonds. The highest BCUT2D eigenvalue weighted by Gasteiger charge is 2.26. The SMILES string of the molecule is CCCNC(CN(CCC)C(C)C)C1CCCC1. The summed E-state index contributed by atoms with van der Waals surface area (Å²) in [6.07, 6.45) is 8.30. The number of nitrogens with one attached hydrogen (secondary N) is 1. The second-order valence-corrected chi connectivity index (χ2v) is 6.19. The lowest BCUT2D eigenvalue weighted by Gasteiger charge is -2.34. The molecule has 0 saturated heterocycles. The van der Waals surface area contributed by atoms with Crippen molar-refractivity contribution in [3.8, 4) is 0 Å². The molecule has 1 unspecified atom stereocenters. The Hall–Kier alpha value is -0.0800. The van der Waals surface area contributed by atoms with E-state index in [1.54, 1.807) is 0 Å². The van der Waals surface area contributed by atoms with Gasteiger partial charge in [0, 0.05) is 18.6 Å². The Bertz CT molecular complexity index is 197. The van der Waals surface area contributed by atoms with Crippen LogP contribution in [-0.2, 0) is 0 Å². The standard InChI is InChI=1S/C16H34N2/c1-5-11-17-16(15-9-7-8-10-15)13-18(12-6-2)14(3)4/h14-17H,5-13H2,1-4H3. The minimum absolute atomic E-state index is 0.678. The lowest BCUT2D eigenvalue weighted by molar-refractivity contribution is 0.173. The molecule has 1 N–H and O–H groups in total. The Kier molecular flexibility index (Phi) is 7.92. The van der Waals surface area contributed by atoms with Gasteiger partial charge in [0.25, 0.3) is 0 Å². The van der Waals surface area contributed by atoms with E-state index in [-0.39, 0.29) is 0 Å². The molecule has 18 heavy (non-hydrogen) atoms. The summed E-state index contributed by atoms with van der Waals surface area (Å²) in [5.74, 6) is 0.926. The summed E-state index contributed by atoms with van der Waals surface area (Å²) in [5.41, 5.74) is 0. The molecule has 1 fully saturated rings. The Morgan fingerprint density at radius 1 is 1.11 bits per heavy atom. The fourth-order valence-electron chi connectivity index (χ4n) is 3.17. The van der Waals surface area contributed by atoms with Crippen molar-refractivity contribution in [1.29, 1.82) is 0 Å². The van der Waals surface area contributed by atoms with Gasteiger partial charge in [-0.25, -0.2) is 0 Å². The summed E-state index contributed by atoms with van der Waals surface area (Å²) < 4.78 is 0. The lowest BCUT2D eigenvalue weighted by atomic mass is 9.97. The van der Waals surface area contributed by atoms with Crippen LogP contribution in [0.3, 0.4) is 0 Å². The van der Waals surface area contributed by atoms with Crippen LogP contribution < -0.4 is 5.32 Å². The molecule has 108 valence electrons. The zero-order chi connectivity index (χ0) is 13.4. The van der Waals surface area contributed by atoms with E-state index in [4.69, 9.17) is 0 Å². The monoisotopic (exact) mass is 254 g/mol. The number of hydrogen-bond acceptors (Lipinski definition) is 2. The smallest absolute Gasteiger partial charge is 0.0223 e. The third kappa shape index (κ3) is 5.27. The average Bonchev–Trinajstić information content (AvgIpc) is 2.86. The number of hydrogen-bond donors (Lipinski definition) is 1. The summed E-state index contributed by atoms with van der Waals surface area (Å²) >= 11 is 0. The predicted octanol–water partition coefficient (Wildman–Crippen LogP) is 3.67. The van der Waals surface area contributed by atoms with Gasteiger partial charge in [0.2, 0.25) is 0 Å². The second kappa shape index (κ2) is 8.92. The lowest BCUT2D eigenvalue weighted by Crippen LogP contribution is -2.47. The van der Waals surface area contributed by atoms with Gasteiger partial charge in [0.15, 0.2) is 0 Å². The summed E-state index contributed by atoms with van der Waals surface area (Å²) in [5, 5.41) is 3.81. The van der Waals surface area contributed by atoms with E-state index < -0.39 is 0 Å². The molecule has 1 aliphatic carbocycles. The maximum absolute atomic E-state index is 3.81. The van der Waals surface area contributed by atoms with Crippen LogP contribution in [0, 0.1) is 5.92 Å². The van der Waals surface area contributed by atoms with Crippen molar-refractivity contribution in [2.45, 2.75) is 78.3 Å². The van der Waals surface area contributed by atoms with Gasteiger partial charge in [-0.05, 0) is 58.5 Å². The molecule has 0 bridgehead atoms. The van der Waals surface area contributed by atoms with Crippen LogP contribution in [-0.4, -0.2) is 36.6 Å². The van der Waals surface area contributed by atoms with E-state index in [1.807, 2.05) is 0 Å². The van der Waals surface area contributed by atoms with Crippen LogP contribution >= 0.6 is 0 Å². The maximum atomic E-state index is 3.81. The summed E-state index contributed by atoms with van der Waals surface area (Å²) in [6.45, 7) is 12.9. The van der Waals surface area contributed by atoms with Crippen molar-refractivity contribution in [2.24, 2.45) is 5.92 Å². The van der Waals surface area contributed by atoms with Gasteiger partial charge in [-0.15, -0.1) is 0 Å². The first kappa shape index (κ1) is 16.0. The van der Waals surface area contributed by atoms with Crippen molar-refractivity contribution in [2.75, 3.05) is 19.6 Å². The Labute approximate surface area is 115 Å². The van der Waals surface area contributed by atoms with Crippen LogP contribution in [0.25, 0.3) is 0 Å². The van der Waals surface area contributed by atoms with Crippen molar-refractivity contribution in [3.05, 3.63) is 0 Å². The largest absolute Gasteiger partial charge is 0.312 e. The van der Waals surface area contributed by atoms with Crippen molar-refractivity contribution >= 4 is 0 Å². The maximum Gasteiger partial charge on any atom is 0.0223 e. The van der Waals surface area contributed by atoms with E-state index in [0.29, 0.717) is 6.04 Å². The van der Waals surface area contributed by atoms with E-state index >= 15 is 0 Å². The minimum atomic E-state index is 0.678. The molecule has 0 aromatic heterocycles. The third-order valence-electron chi connectivity index (χ3n) is 4.30. The van der Waals surface area contributed by atoms with Crippen LogP contribution in [0.1, 0.15) is 66.2 Å². The van der Waals surface area contributed by atoms with Crippen molar-refractivity contribution in [3.63, 3.8) is 0 Å². The van der Waals surface area contributed by atoms with Gasteiger partial charge in [-0.1, -0.05) is 26.7 Å². The van der Waals surface area contributed by atoms with Crippen LogP contribution in [0.15, 0.2) is 0 Å². The van der Waals surface area contributed by atoms with Gasteiger partial charge >= 0.3 is 0 Å². The third-order valence-corrected chi connectivity index (χ3v) is 4.30. The molecule has 0 aliphatic heterocycles. The molecule has 1 aliphatic rings. The highest BCUT2D eigenvalue weighted by molar-refractivity contribution is 4.84. The predicted molar refractivity (Wildman–Crippen MR) is 81.0 cm³/mol. The molecule has 1 saturated carbocycles. The summed E-state index contributed by atoms with van der Waals surface area (Å²) in [4.78, 5) is 2.66. The summed E-state index contributed by atoms with van der Waals surface area (Å²) in [7, 11) is 0. The van der Waals surface area contributed by atoms with E-state index in [1.165, 1.54) is 58.2 Å². The second-order valence-electron chi connectivity index (χ2n) is 6.19. The quantitative estimate of drug-likeness (QED) is 0.675. The molecule has 2 heteroatoms. The highest BCUT2D eigenvalue weighted by Crippen LogP contribution is 2.28. The molecular formula is C16H34N2. The zero-order valence-electron chi connectivity index (χ0n) is 13.0. The normalized spacial score (nSPS) is 19.0. The van der Waals surface area contributed by atoms with E-state index in [9.17, 15) is 0 Å². The molecule has 0 aromatic carbocycles. The first-order valence-electron chi connectivity index (χ1n) is 8.16. The van der Waals surface area contributed by atoms with Gasteiger partial charge in [0.1, 0.15) is 0 Å². The first-order chi connectivity index (χ1) is 8.69. The van der Waals surface area contributed by atoms with Crippen molar-refractivity contribution < 1.29 is 0 Å². The van der Waals surface area contributed by atoms with Gasteiger partial charge < -0.3 is 5.32 Å². The topological polar surface area (TPSA) is 15.3 Å². The van der Waals surface area contributed by atoms with E-state index in [0.717, 1.165) is 12.0 Å². The fourth-order valence-corrected chi connectivity index (χ4v) is 3.17. The molecule has 2 nitrogen and oxygen atoms in total. The molecule has 0 aromatic rings. The Morgan fingerprint density at radius 3 is 2.28 bits per heavy atom. The molecule has 0 heterocycles. The van der Waals surface area contributed by atoms with Gasteiger partial charge in [-0.2, -0.15) is 0 Å². The van der Waals surface area contributed by atoms with E-state index in [2.05, 4.69) is 37.9 Å². The summed E-state index contributed by atoms with van der Waals surface area (Å²) in [6, 6.07) is 1.40. The Balaban J connectivity index is 2.51. The van der Waals surface area contributed by atoms with Gasteiger partial charge in [0.05, 0.1) is 0 Å². The number of rotatable bonds is 9. The number of nitrogens with zero attached hydrogens (tertiary/aromatic N) is 1. The minimum Gasteiger partial charge on any atom is -0.312 e. The molecule has 0 spiro atoms. The van der Waals surface area contributed by atoms with Crippen LogP contribution in [0.2, 0.25) is 0 Å². The molecule has 0 radical (unpaired) electrons. The zero-order valence-corrected chi connectivity index (χ0v) is 13.0. The van der Waals surface area contributed by atoms with Gasteiger partial charge in [-0.3, -0.25) is 4.90 Å².